The molecule has 0 aliphatic rings. The van der Waals surface area contributed by atoms with Gasteiger partial charge in [-0.05, 0) is 18.6 Å². The molecule has 0 bridgehead atoms. The number of hydrogen-bond acceptors (Lipinski definition) is 5. The van der Waals surface area contributed by atoms with Crippen molar-refractivity contribution >= 4 is 17.6 Å². The van der Waals surface area contributed by atoms with Gasteiger partial charge in [-0.2, -0.15) is 5.10 Å². The summed E-state index contributed by atoms with van der Waals surface area (Å²) < 4.78 is 0. The fraction of sp³-hybridized carbons (Fsp3) is 0.0667. The SMILES string of the molecule is Cc1cnc(Nc2cn[nH]c2)nc1-c1ccccc1C(=O)O. The lowest BCUT2D eigenvalue weighted by molar-refractivity contribution is 0.0697. The molecule has 0 aliphatic carbocycles. The Bertz CT molecular complexity index is 815. The monoisotopic (exact) mass is 295 g/mol. The van der Waals surface area contributed by atoms with Crippen molar-refractivity contribution in [2.75, 3.05) is 5.32 Å². The first-order valence-electron chi connectivity index (χ1n) is 6.57. The molecule has 0 amide bonds. The van der Waals surface area contributed by atoms with Crippen LogP contribution in [0.15, 0.2) is 42.9 Å². The molecule has 7 nitrogen and oxygen atoms in total. The second-order valence-electron chi connectivity index (χ2n) is 4.69. The molecule has 2 aromatic heterocycles. The maximum absolute atomic E-state index is 11.4. The number of carboxylic acids is 1. The Labute approximate surface area is 126 Å². The maximum Gasteiger partial charge on any atom is 0.336 e. The Morgan fingerprint density at radius 2 is 2.09 bits per heavy atom. The van der Waals surface area contributed by atoms with E-state index < -0.39 is 5.97 Å². The van der Waals surface area contributed by atoms with Crippen LogP contribution in [0.4, 0.5) is 11.6 Å². The van der Waals surface area contributed by atoms with Crippen LogP contribution in [-0.4, -0.2) is 31.2 Å². The summed E-state index contributed by atoms with van der Waals surface area (Å²) in [5.74, 6) is -0.611. The molecule has 0 aliphatic heterocycles. The van der Waals surface area contributed by atoms with E-state index in [1.807, 2.05) is 6.92 Å². The van der Waals surface area contributed by atoms with Crippen molar-refractivity contribution < 1.29 is 9.90 Å². The average molecular weight is 295 g/mol. The van der Waals surface area contributed by atoms with E-state index in [9.17, 15) is 9.90 Å². The molecule has 3 rings (SSSR count). The lowest BCUT2D eigenvalue weighted by Gasteiger charge is -2.10. The van der Waals surface area contributed by atoms with Gasteiger partial charge in [0.25, 0.3) is 0 Å². The molecule has 22 heavy (non-hydrogen) atoms. The van der Waals surface area contributed by atoms with E-state index in [0.29, 0.717) is 17.2 Å². The molecule has 0 spiro atoms. The molecule has 110 valence electrons. The standard InChI is InChI=1S/C15H13N5O2/c1-9-6-16-15(19-10-7-17-18-8-10)20-13(9)11-4-2-3-5-12(11)14(21)22/h2-8H,1H3,(H,17,18)(H,21,22)(H,16,19,20). The molecule has 0 radical (unpaired) electrons. The molecule has 0 saturated carbocycles. The topological polar surface area (TPSA) is 104 Å². The maximum atomic E-state index is 11.4. The van der Waals surface area contributed by atoms with Crippen LogP contribution >= 0.6 is 0 Å². The van der Waals surface area contributed by atoms with Gasteiger partial charge in [0.05, 0.1) is 23.1 Å². The number of aromatic amines is 1. The van der Waals surface area contributed by atoms with E-state index in [4.69, 9.17) is 0 Å². The third kappa shape index (κ3) is 2.64. The highest BCUT2D eigenvalue weighted by Crippen LogP contribution is 2.26. The second-order valence-corrected chi connectivity index (χ2v) is 4.69. The summed E-state index contributed by atoms with van der Waals surface area (Å²) in [6, 6.07) is 6.77. The number of hydrogen-bond donors (Lipinski definition) is 3. The molecule has 3 N–H and O–H groups in total. The minimum Gasteiger partial charge on any atom is -0.478 e. The lowest BCUT2D eigenvalue weighted by atomic mass is 10.0. The first-order chi connectivity index (χ1) is 10.6. The molecule has 0 saturated heterocycles. The normalized spacial score (nSPS) is 10.4. The molecule has 7 heteroatoms. The van der Waals surface area contributed by atoms with Crippen molar-refractivity contribution in [1.29, 1.82) is 0 Å². The van der Waals surface area contributed by atoms with Crippen molar-refractivity contribution in [1.82, 2.24) is 20.2 Å². The third-order valence-electron chi connectivity index (χ3n) is 3.14. The first kappa shape index (κ1) is 13.7. The number of anilines is 2. The molecular weight excluding hydrogens is 282 g/mol. The van der Waals surface area contributed by atoms with Gasteiger partial charge in [-0.15, -0.1) is 0 Å². The predicted octanol–water partition coefficient (Wildman–Crippen LogP) is 2.62. The Balaban J connectivity index is 2.05. The highest BCUT2D eigenvalue weighted by molar-refractivity contribution is 5.95. The van der Waals surface area contributed by atoms with Crippen LogP contribution in [0.3, 0.4) is 0 Å². The highest BCUT2D eigenvalue weighted by Gasteiger charge is 2.15. The van der Waals surface area contributed by atoms with Crippen molar-refractivity contribution in [2.24, 2.45) is 0 Å². The molecule has 0 unspecified atom stereocenters. The van der Waals surface area contributed by atoms with Crippen LogP contribution in [0.5, 0.6) is 0 Å². The minimum atomic E-state index is -0.988. The Hall–Kier alpha value is -3.22. The van der Waals surface area contributed by atoms with Gasteiger partial charge in [0.2, 0.25) is 5.95 Å². The van der Waals surface area contributed by atoms with E-state index in [1.54, 1.807) is 42.9 Å². The highest BCUT2D eigenvalue weighted by atomic mass is 16.4. The number of rotatable bonds is 4. The molecule has 2 heterocycles. The average Bonchev–Trinajstić information content (AvgIpc) is 3.02. The fourth-order valence-corrected chi connectivity index (χ4v) is 2.10. The van der Waals surface area contributed by atoms with Crippen LogP contribution in [0, 0.1) is 6.92 Å². The van der Waals surface area contributed by atoms with Crippen LogP contribution in [0.1, 0.15) is 15.9 Å². The van der Waals surface area contributed by atoms with Gasteiger partial charge >= 0.3 is 5.97 Å². The number of nitrogens with one attached hydrogen (secondary N) is 2. The van der Waals surface area contributed by atoms with Gasteiger partial charge in [-0.25, -0.2) is 14.8 Å². The van der Waals surface area contributed by atoms with Gasteiger partial charge in [0.15, 0.2) is 0 Å². The van der Waals surface area contributed by atoms with Crippen LogP contribution < -0.4 is 5.32 Å². The van der Waals surface area contributed by atoms with E-state index >= 15 is 0 Å². The number of aryl methyl sites for hydroxylation is 1. The number of aromatic nitrogens is 4. The smallest absolute Gasteiger partial charge is 0.336 e. The molecule has 0 atom stereocenters. The molecule has 0 fully saturated rings. The summed E-state index contributed by atoms with van der Waals surface area (Å²) >= 11 is 0. The number of H-pyrrole nitrogens is 1. The zero-order chi connectivity index (χ0) is 15.5. The van der Waals surface area contributed by atoms with Crippen LogP contribution in [-0.2, 0) is 0 Å². The number of carboxylic acid groups (broad SMARTS) is 1. The van der Waals surface area contributed by atoms with Crippen LogP contribution in [0.25, 0.3) is 11.3 Å². The predicted molar refractivity (Wildman–Crippen MR) is 81.0 cm³/mol. The summed E-state index contributed by atoms with van der Waals surface area (Å²) in [6.45, 7) is 1.84. The van der Waals surface area contributed by atoms with E-state index in [1.165, 1.54) is 0 Å². The minimum absolute atomic E-state index is 0.207. The second kappa shape index (κ2) is 5.65. The number of benzene rings is 1. The zero-order valence-corrected chi connectivity index (χ0v) is 11.7. The van der Waals surface area contributed by atoms with Crippen molar-refractivity contribution in [3.05, 3.63) is 54.0 Å². The quantitative estimate of drug-likeness (QED) is 0.683. The zero-order valence-electron chi connectivity index (χ0n) is 11.7. The Kier molecular flexibility index (Phi) is 3.53. The number of nitrogens with zero attached hydrogens (tertiary/aromatic N) is 3. The largest absolute Gasteiger partial charge is 0.478 e. The van der Waals surface area contributed by atoms with Gasteiger partial charge < -0.3 is 10.4 Å². The Morgan fingerprint density at radius 3 is 2.82 bits per heavy atom. The van der Waals surface area contributed by atoms with E-state index in [2.05, 4.69) is 25.5 Å². The van der Waals surface area contributed by atoms with E-state index in [-0.39, 0.29) is 5.56 Å². The van der Waals surface area contributed by atoms with Crippen molar-refractivity contribution in [3.8, 4) is 11.3 Å². The van der Waals surface area contributed by atoms with Gasteiger partial charge in [0.1, 0.15) is 0 Å². The fourth-order valence-electron chi connectivity index (χ4n) is 2.10. The summed E-state index contributed by atoms with van der Waals surface area (Å²) in [4.78, 5) is 20.0. The molecule has 3 aromatic rings. The summed E-state index contributed by atoms with van der Waals surface area (Å²) in [6.07, 6.45) is 4.94. The first-order valence-corrected chi connectivity index (χ1v) is 6.57. The number of carbonyl (C=O) groups is 1. The lowest BCUT2D eigenvalue weighted by Crippen LogP contribution is -2.04. The molecular formula is C15H13N5O2. The van der Waals surface area contributed by atoms with Crippen molar-refractivity contribution in [2.45, 2.75) is 6.92 Å². The van der Waals surface area contributed by atoms with E-state index in [0.717, 1.165) is 11.3 Å². The van der Waals surface area contributed by atoms with Gasteiger partial charge in [-0.1, -0.05) is 18.2 Å². The van der Waals surface area contributed by atoms with Gasteiger partial charge in [-0.3, -0.25) is 5.10 Å². The number of aromatic carboxylic acids is 1. The van der Waals surface area contributed by atoms with Crippen molar-refractivity contribution in [3.63, 3.8) is 0 Å². The Morgan fingerprint density at radius 1 is 1.27 bits per heavy atom. The summed E-state index contributed by atoms with van der Waals surface area (Å²) in [5, 5.41) is 18.8. The third-order valence-corrected chi connectivity index (χ3v) is 3.14. The van der Waals surface area contributed by atoms with Crippen LogP contribution in [0.2, 0.25) is 0 Å². The molecule has 1 aromatic carbocycles. The summed E-state index contributed by atoms with van der Waals surface area (Å²) in [7, 11) is 0. The summed E-state index contributed by atoms with van der Waals surface area (Å²) in [5.41, 5.74) is 2.87. The van der Waals surface area contributed by atoms with Gasteiger partial charge in [0, 0.05) is 18.0 Å².